The Labute approximate surface area is 275 Å². The number of benzene rings is 8. The van der Waals surface area contributed by atoms with Crippen LogP contribution in [0.25, 0.3) is 74.8 Å². The van der Waals surface area contributed by atoms with Gasteiger partial charge in [0.25, 0.3) is 0 Å². The van der Waals surface area contributed by atoms with Crippen LogP contribution in [0.15, 0.2) is 168 Å². The number of fused-ring (bicyclic) bond motifs is 9. The molecule has 3 heteroatoms. The van der Waals surface area contributed by atoms with Crippen molar-refractivity contribution >= 4 is 92.1 Å². The Balaban J connectivity index is 1.22. The second-order valence-electron chi connectivity index (χ2n) is 12.1. The highest BCUT2D eigenvalue weighted by Crippen LogP contribution is 2.48. The molecule has 0 aliphatic rings. The molecule has 2 aromatic heterocycles. The molecule has 2 nitrogen and oxygen atoms in total. The molecule has 2 heterocycles. The first-order valence-electron chi connectivity index (χ1n) is 15.9. The topological polar surface area (TPSA) is 16.4 Å². The van der Waals surface area contributed by atoms with Crippen LogP contribution < -0.4 is 4.90 Å². The van der Waals surface area contributed by atoms with E-state index in [-0.39, 0.29) is 0 Å². The van der Waals surface area contributed by atoms with Crippen LogP contribution in [0, 0.1) is 0 Å². The molecular weight excluding hydrogens is 591 g/mol. The van der Waals surface area contributed by atoms with Gasteiger partial charge in [-0.3, -0.25) is 0 Å². The zero-order valence-electron chi connectivity index (χ0n) is 25.4. The quantitative estimate of drug-likeness (QED) is 0.183. The maximum absolute atomic E-state index is 6.63. The van der Waals surface area contributed by atoms with Gasteiger partial charge in [0, 0.05) is 31.9 Å². The normalized spacial score (nSPS) is 11.8. The summed E-state index contributed by atoms with van der Waals surface area (Å²) in [6.07, 6.45) is 0. The Bertz CT molecular complexity index is 2690. The summed E-state index contributed by atoms with van der Waals surface area (Å²) in [5, 5.41) is 9.75. The number of furan rings is 1. The molecule has 47 heavy (non-hydrogen) atoms. The van der Waals surface area contributed by atoms with Gasteiger partial charge in [-0.05, 0) is 75.1 Å². The second-order valence-corrected chi connectivity index (χ2v) is 13.2. The number of para-hydroxylation sites is 2. The molecular formula is C44H27NOS. The van der Waals surface area contributed by atoms with Crippen molar-refractivity contribution in [3.05, 3.63) is 164 Å². The van der Waals surface area contributed by atoms with Crippen molar-refractivity contribution in [1.82, 2.24) is 0 Å². The van der Waals surface area contributed by atoms with E-state index in [2.05, 4.69) is 163 Å². The number of hydrogen-bond acceptors (Lipinski definition) is 3. The molecule has 0 radical (unpaired) electrons. The zero-order valence-corrected chi connectivity index (χ0v) is 26.2. The minimum atomic E-state index is 0.888. The van der Waals surface area contributed by atoms with Crippen LogP contribution in [0.1, 0.15) is 0 Å². The second kappa shape index (κ2) is 10.3. The standard InChI is InChI=1S/C44H27NOS/c1-2-10-28(11-3-1)29-22-24-33-30(26-29)20-21-31-27-32(23-25-34(31)33)45(39-16-8-14-37-35-12-4-6-18-41(35)46-43(37)39)40-17-9-15-38-36-13-5-7-19-42(36)47-44(38)40/h1-27H. The van der Waals surface area contributed by atoms with E-state index in [0.717, 1.165) is 39.0 Å². The maximum Gasteiger partial charge on any atom is 0.159 e. The van der Waals surface area contributed by atoms with E-state index in [4.69, 9.17) is 4.42 Å². The molecule has 0 amide bonds. The summed E-state index contributed by atoms with van der Waals surface area (Å²) in [5.41, 5.74) is 7.51. The highest BCUT2D eigenvalue weighted by molar-refractivity contribution is 7.26. The van der Waals surface area contributed by atoms with E-state index in [0.29, 0.717) is 0 Å². The monoisotopic (exact) mass is 617 g/mol. The Morgan fingerprint density at radius 2 is 1.11 bits per heavy atom. The van der Waals surface area contributed by atoms with Gasteiger partial charge < -0.3 is 9.32 Å². The highest BCUT2D eigenvalue weighted by atomic mass is 32.1. The van der Waals surface area contributed by atoms with Crippen molar-refractivity contribution in [2.45, 2.75) is 0 Å². The minimum Gasteiger partial charge on any atom is -0.454 e. The van der Waals surface area contributed by atoms with Crippen LogP contribution in [0.3, 0.4) is 0 Å². The minimum absolute atomic E-state index is 0.888. The Morgan fingerprint density at radius 3 is 1.98 bits per heavy atom. The molecule has 0 aliphatic carbocycles. The number of thiophene rings is 1. The first-order valence-corrected chi connectivity index (χ1v) is 16.7. The van der Waals surface area contributed by atoms with Crippen LogP contribution in [-0.4, -0.2) is 0 Å². The zero-order chi connectivity index (χ0) is 30.9. The van der Waals surface area contributed by atoms with Crippen LogP contribution in [0.2, 0.25) is 0 Å². The summed E-state index contributed by atoms with van der Waals surface area (Å²) in [7, 11) is 0. The molecule has 0 saturated carbocycles. The van der Waals surface area contributed by atoms with Gasteiger partial charge >= 0.3 is 0 Å². The molecule has 0 aliphatic heterocycles. The first-order chi connectivity index (χ1) is 23.3. The molecule has 0 saturated heterocycles. The third-order valence-corrected chi connectivity index (χ3v) is 10.6. The number of rotatable bonds is 4. The molecule has 0 unspecified atom stereocenters. The highest BCUT2D eigenvalue weighted by Gasteiger charge is 2.22. The van der Waals surface area contributed by atoms with Gasteiger partial charge in [-0.25, -0.2) is 0 Å². The summed E-state index contributed by atoms with van der Waals surface area (Å²) < 4.78 is 9.18. The lowest BCUT2D eigenvalue weighted by molar-refractivity contribution is 0.669. The van der Waals surface area contributed by atoms with Gasteiger partial charge in [-0.1, -0.05) is 121 Å². The molecule has 10 aromatic rings. The van der Waals surface area contributed by atoms with E-state index in [1.165, 1.54) is 52.8 Å². The van der Waals surface area contributed by atoms with Gasteiger partial charge in [-0.15, -0.1) is 11.3 Å². The molecule has 8 aromatic carbocycles. The fourth-order valence-corrected chi connectivity index (χ4v) is 8.44. The van der Waals surface area contributed by atoms with Crippen molar-refractivity contribution in [1.29, 1.82) is 0 Å². The first kappa shape index (κ1) is 26.3. The van der Waals surface area contributed by atoms with Crippen molar-refractivity contribution in [3.63, 3.8) is 0 Å². The van der Waals surface area contributed by atoms with Crippen molar-refractivity contribution < 1.29 is 4.42 Å². The van der Waals surface area contributed by atoms with Crippen LogP contribution in [0.5, 0.6) is 0 Å². The van der Waals surface area contributed by atoms with Gasteiger partial charge in [0.15, 0.2) is 5.58 Å². The van der Waals surface area contributed by atoms with Crippen LogP contribution in [0.4, 0.5) is 17.1 Å². The van der Waals surface area contributed by atoms with Crippen molar-refractivity contribution in [2.24, 2.45) is 0 Å². The summed E-state index contributed by atoms with van der Waals surface area (Å²) >= 11 is 1.85. The van der Waals surface area contributed by atoms with E-state index in [9.17, 15) is 0 Å². The maximum atomic E-state index is 6.63. The van der Waals surface area contributed by atoms with Gasteiger partial charge in [0.1, 0.15) is 5.58 Å². The number of hydrogen-bond donors (Lipinski definition) is 0. The van der Waals surface area contributed by atoms with Crippen molar-refractivity contribution in [3.8, 4) is 11.1 Å². The molecule has 0 N–H and O–H groups in total. The molecule has 0 bridgehead atoms. The lowest BCUT2D eigenvalue weighted by atomic mass is 9.97. The third-order valence-electron chi connectivity index (χ3n) is 9.43. The predicted octanol–water partition coefficient (Wildman–Crippen LogP) is 13.4. The Hall–Kier alpha value is -5.90. The molecule has 220 valence electrons. The lowest BCUT2D eigenvalue weighted by Gasteiger charge is -2.26. The Morgan fingerprint density at radius 1 is 0.426 bits per heavy atom. The van der Waals surface area contributed by atoms with Crippen molar-refractivity contribution in [2.75, 3.05) is 4.90 Å². The molecule has 0 atom stereocenters. The van der Waals surface area contributed by atoms with Gasteiger partial charge in [-0.2, -0.15) is 0 Å². The SMILES string of the molecule is c1ccc(-c2ccc3c(ccc4cc(N(c5cccc6c5oc5ccccc56)c5cccc6c5sc5ccccc56)ccc43)c2)cc1. The molecule has 10 rings (SSSR count). The number of nitrogens with zero attached hydrogens (tertiary/aromatic N) is 1. The predicted molar refractivity (Wildman–Crippen MR) is 202 cm³/mol. The summed E-state index contributed by atoms with van der Waals surface area (Å²) in [4.78, 5) is 2.39. The summed E-state index contributed by atoms with van der Waals surface area (Å²) in [6.45, 7) is 0. The third kappa shape index (κ3) is 4.10. The average Bonchev–Trinajstić information content (AvgIpc) is 3.71. The fourth-order valence-electron chi connectivity index (χ4n) is 7.23. The van der Waals surface area contributed by atoms with E-state index >= 15 is 0 Å². The summed E-state index contributed by atoms with van der Waals surface area (Å²) in [5.74, 6) is 0. The summed E-state index contributed by atoms with van der Waals surface area (Å²) in [6, 6.07) is 59.0. The van der Waals surface area contributed by atoms with Crippen LogP contribution >= 0.6 is 11.3 Å². The van der Waals surface area contributed by atoms with Crippen LogP contribution in [-0.2, 0) is 0 Å². The number of anilines is 3. The fraction of sp³-hybridized carbons (Fsp3) is 0. The van der Waals surface area contributed by atoms with E-state index in [1.54, 1.807) is 0 Å². The van der Waals surface area contributed by atoms with E-state index in [1.807, 2.05) is 17.4 Å². The largest absolute Gasteiger partial charge is 0.454 e. The van der Waals surface area contributed by atoms with Gasteiger partial charge in [0.05, 0.1) is 16.1 Å². The molecule has 0 spiro atoms. The van der Waals surface area contributed by atoms with E-state index < -0.39 is 0 Å². The van der Waals surface area contributed by atoms with Gasteiger partial charge in [0.2, 0.25) is 0 Å². The lowest BCUT2D eigenvalue weighted by Crippen LogP contribution is -2.10. The molecule has 0 fully saturated rings. The average molecular weight is 618 g/mol. The Kier molecular flexibility index (Phi) is 5.78. The smallest absolute Gasteiger partial charge is 0.159 e.